The average molecular weight is 261 g/mol. The molecule has 4 heteroatoms. The van der Waals surface area contributed by atoms with Crippen molar-refractivity contribution >= 4 is 17.3 Å². The summed E-state index contributed by atoms with van der Waals surface area (Å²) in [6.07, 6.45) is 1.05. The smallest absolute Gasteiger partial charge is 0.365 e. The van der Waals surface area contributed by atoms with Crippen molar-refractivity contribution < 1.29 is 9.90 Å². The van der Waals surface area contributed by atoms with Crippen LogP contribution in [0.25, 0.3) is 11.3 Å². The standard InChI is InChI=1S/C14H15NO2S/c1-9(2)7-10-3-5-11(6-4-10)12-8-18-13(15-12)14(16)17/h3-6,8-9H,7H2,1-2H3,(H,16,17). The molecule has 0 unspecified atom stereocenters. The number of hydrogen-bond donors (Lipinski definition) is 1. The first kappa shape index (κ1) is 12.8. The van der Waals surface area contributed by atoms with Gasteiger partial charge in [0.05, 0.1) is 5.69 Å². The number of carbonyl (C=O) groups is 1. The third kappa shape index (κ3) is 2.96. The maximum atomic E-state index is 10.8. The summed E-state index contributed by atoms with van der Waals surface area (Å²) in [5.74, 6) is -0.337. The molecule has 0 aliphatic carbocycles. The monoisotopic (exact) mass is 261 g/mol. The second-order valence-electron chi connectivity index (χ2n) is 4.64. The molecule has 0 aliphatic heterocycles. The van der Waals surface area contributed by atoms with Gasteiger partial charge in [-0.15, -0.1) is 11.3 Å². The Hall–Kier alpha value is -1.68. The molecule has 0 aliphatic rings. The normalized spacial score (nSPS) is 10.8. The number of aromatic carboxylic acids is 1. The minimum Gasteiger partial charge on any atom is -0.476 e. The van der Waals surface area contributed by atoms with Gasteiger partial charge in [-0.3, -0.25) is 0 Å². The predicted octanol–water partition coefficient (Wildman–Crippen LogP) is 3.71. The molecule has 0 saturated heterocycles. The molecule has 0 spiro atoms. The van der Waals surface area contributed by atoms with Crippen molar-refractivity contribution in [3.63, 3.8) is 0 Å². The van der Waals surface area contributed by atoms with Crippen LogP contribution in [0, 0.1) is 5.92 Å². The van der Waals surface area contributed by atoms with Gasteiger partial charge in [-0.25, -0.2) is 9.78 Å². The van der Waals surface area contributed by atoms with Crippen LogP contribution in [-0.4, -0.2) is 16.1 Å². The fourth-order valence-corrected chi connectivity index (χ4v) is 2.45. The van der Waals surface area contributed by atoms with Gasteiger partial charge >= 0.3 is 5.97 Å². The Morgan fingerprint density at radius 1 is 1.33 bits per heavy atom. The molecule has 1 aromatic heterocycles. The highest BCUT2D eigenvalue weighted by molar-refractivity contribution is 7.11. The van der Waals surface area contributed by atoms with E-state index in [1.54, 1.807) is 5.38 Å². The molecule has 1 aromatic carbocycles. The molecule has 0 fully saturated rings. The van der Waals surface area contributed by atoms with Gasteiger partial charge in [0.1, 0.15) is 0 Å². The molecule has 1 heterocycles. The molecular weight excluding hydrogens is 246 g/mol. The first-order valence-electron chi connectivity index (χ1n) is 5.84. The van der Waals surface area contributed by atoms with Gasteiger partial charge in [-0.1, -0.05) is 38.1 Å². The first-order chi connectivity index (χ1) is 8.56. The van der Waals surface area contributed by atoms with E-state index in [4.69, 9.17) is 5.11 Å². The lowest BCUT2D eigenvalue weighted by Crippen LogP contribution is -1.95. The quantitative estimate of drug-likeness (QED) is 0.912. The Bertz CT molecular complexity index is 543. The van der Waals surface area contributed by atoms with Gasteiger partial charge in [0.15, 0.2) is 0 Å². The fraction of sp³-hybridized carbons (Fsp3) is 0.286. The van der Waals surface area contributed by atoms with Gasteiger partial charge < -0.3 is 5.11 Å². The van der Waals surface area contributed by atoms with Crippen molar-refractivity contribution in [2.24, 2.45) is 5.92 Å². The van der Waals surface area contributed by atoms with E-state index in [9.17, 15) is 4.79 Å². The average Bonchev–Trinajstić information content (AvgIpc) is 2.78. The van der Waals surface area contributed by atoms with Crippen molar-refractivity contribution in [3.8, 4) is 11.3 Å². The SMILES string of the molecule is CC(C)Cc1ccc(-c2csc(C(=O)O)n2)cc1. The van der Waals surface area contributed by atoms with Gasteiger partial charge in [-0.05, 0) is 17.9 Å². The van der Waals surface area contributed by atoms with Crippen molar-refractivity contribution in [3.05, 3.63) is 40.2 Å². The fourth-order valence-electron chi connectivity index (χ4n) is 1.79. The molecule has 2 aromatic rings. The van der Waals surface area contributed by atoms with E-state index >= 15 is 0 Å². The van der Waals surface area contributed by atoms with Crippen LogP contribution in [-0.2, 0) is 6.42 Å². The lowest BCUT2D eigenvalue weighted by molar-refractivity contribution is 0.0696. The minimum atomic E-state index is -0.970. The van der Waals surface area contributed by atoms with E-state index in [-0.39, 0.29) is 5.01 Å². The summed E-state index contributed by atoms with van der Waals surface area (Å²) in [7, 11) is 0. The van der Waals surface area contributed by atoms with Crippen LogP contribution in [0.3, 0.4) is 0 Å². The maximum absolute atomic E-state index is 10.8. The Kier molecular flexibility index (Phi) is 3.77. The second kappa shape index (κ2) is 5.31. The zero-order valence-corrected chi connectivity index (χ0v) is 11.2. The molecule has 2 rings (SSSR count). The zero-order chi connectivity index (χ0) is 13.1. The van der Waals surface area contributed by atoms with Crippen LogP contribution in [0.5, 0.6) is 0 Å². The molecule has 0 atom stereocenters. The van der Waals surface area contributed by atoms with Gasteiger partial charge in [0.25, 0.3) is 0 Å². The summed E-state index contributed by atoms with van der Waals surface area (Å²) in [6.45, 7) is 4.38. The number of thiazole rings is 1. The van der Waals surface area contributed by atoms with Crippen LogP contribution in [0.4, 0.5) is 0 Å². The number of nitrogens with zero attached hydrogens (tertiary/aromatic N) is 1. The Labute approximate surface area is 110 Å². The van der Waals surface area contributed by atoms with Crippen molar-refractivity contribution in [2.45, 2.75) is 20.3 Å². The summed E-state index contributed by atoms with van der Waals surface area (Å²) in [5.41, 5.74) is 2.99. The molecule has 3 nitrogen and oxygen atoms in total. The summed E-state index contributed by atoms with van der Waals surface area (Å²) in [6, 6.07) is 8.15. The van der Waals surface area contributed by atoms with Crippen molar-refractivity contribution in [2.75, 3.05) is 0 Å². The molecule has 0 bridgehead atoms. The molecule has 18 heavy (non-hydrogen) atoms. The molecule has 0 saturated carbocycles. The highest BCUT2D eigenvalue weighted by Crippen LogP contribution is 2.22. The number of hydrogen-bond acceptors (Lipinski definition) is 3. The largest absolute Gasteiger partial charge is 0.476 e. The van der Waals surface area contributed by atoms with Crippen LogP contribution < -0.4 is 0 Å². The number of benzene rings is 1. The third-order valence-electron chi connectivity index (χ3n) is 2.58. The number of carboxylic acid groups (broad SMARTS) is 1. The van der Waals surface area contributed by atoms with Crippen LogP contribution in [0.1, 0.15) is 29.2 Å². The molecule has 1 N–H and O–H groups in total. The van der Waals surface area contributed by atoms with Crippen LogP contribution >= 0.6 is 11.3 Å². The molecular formula is C14H15NO2S. The zero-order valence-electron chi connectivity index (χ0n) is 10.4. The summed E-state index contributed by atoms with van der Waals surface area (Å²) in [4.78, 5) is 14.9. The summed E-state index contributed by atoms with van der Waals surface area (Å²) in [5, 5.41) is 10.8. The number of aromatic nitrogens is 1. The second-order valence-corrected chi connectivity index (χ2v) is 5.50. The van der Waals surface area contributed by atoms with Gasteiger partial charge in [-0.2, -0.15) is 0 Å². The number of carboxylic acids is 1. The van der Waals surface area contributed by atoms with Crippen LogP contribution in [0.2, 0.25) is 0 Å². The van der Waals surface area contributed by atoms with E-state index < -0.39 is 5.97 Å². The Morgan fingerprint density at radius 3 is 2.50 bits per heavy atom. The molecule has 0 radical (unpaired) electrons. The van der Waals surface area contributed by atoms with Crippen molar-refractivity contribution in [1.82, 2.24) is 4.98 Å². The van der Waals surface area contributed by atoms with E-state index in [1.165, 1.54) is 5.56 Å². The molecule has 94 valence electrons. The lowest BCUT2D eigenvalue weighted by atomic mass is 10.0. The molecule has 0 amide bonds. The topological polar surface area (TPSA) is 50.2 Å². The van der Waals surface area contributed by atoms with E-state index in [0.717, 1.165) is 29.0 Å². The van der Waals surface area contributed by atoms with E-state index in [1.807, 2.05) is 12.1 Å². The summed E-state index contributed by atoms with van der Waals surface area (Å²) < 4.78 is 0. The van der Waals surface area contributed by atoms with E-state index in [0.29, 0.717) is 5.92 Å². The Morgan fingerprint density at radius 2 is 2.00 bits per heavy atom. The van der Waals surface area contributed by atoms with Crippen LogP contribution in [0.15, 0.2) is 29.6 Å². The van der Waals surface area contributed by atoms with Crippen molar-refractivity contribution in [1.29, 1.82) is 0 Å². The van der Waals surface area contributed by atoms with Gasteiger partial charge in [0, 0.05) is 10.9 Å². The van der Waals surface area contributed by atoms with E-state index in [2.05, 4.69) is 31.0 Å². The first-order valence-corrected chi connectivity index (χ1v) is 6.72. The van der Waals surface area contributed by atoms with Gasteiger partial charge in [0.2, 0.25) is 5.01 Å². The predicted molar refractivity (Wildman–Crippen MR) is 73.1 cm³/mol. The highest BCUT2D eigenvalue weighted by atomic mass is 32.1. The summed E-state index contributed by atoms with van der Waals surface area (Å²) >= 11 is 1.16. The maximum Gasteiger partial charge on any atom is 0.365 e. The third-order valence-corrected chi connectivity index (χ3v) is 3.41. The minimum absolute atomic E-state index is 0.135. The lowest BCUT2D eigenvalue weighted by Gasteiger charge is -2.05. The highest BCUT2D eigenvalue weighted by Gasteiger charge is 2.10. The number of rotatable bonds is 4. The Balaban J connectivity index is 2.20.